The summed E-state index contributed by atoms with van der Waals surface area (Å²) in [5, 5.41) is 11.4. The molecule has 1 aliphatic heterocycles. The lowest BCUT2D eigenvalue weighted by Crippen LogP contribution is -2.37. The fourth-order valence-corrected chi connectivity index (χ4v) is 3.53. The third-order valence-corrected chi connectivity index (χ3v) is 5.23. The monoisotopic (exact) mass is 426 g/mol. The zero-order valence-corrected chi connectivity index (χ0v) is 17.1. The van der Waals surface area contributed by atoms with Crippen LogP contribution in [-0.4, -0.2) is 54.3 Å². The Morgan fingerprint density at radius 2 is 1.81 bits per heavy atom. The molecule has 2 aromatic carbocycles. The van der Waals surface area contributed by atoms with Crippen LogP contribution in [0, 0.1) is 23.0 Å². The van der Waals surface area contributed by atoms with E-state index in [1.54, 1.807) is 17.0 Å². The molecule has 1 saturated heterocycles. The van der Waals surface area contributed by atoms with Gasteiger partial charge in [-0.05, 0) is 36.2 Å². The van der Waals surface area contributed by atoms with E-state index in [-0.39, 0.29) is 24.4 Å². The largest absolute Gasteiger partial charge is 0.351 e. The fraction of sp³-hybridized carbons (Fsp3) is 0.348. The molecule has 0 atom stereocenters. The summed E-state index contributed by atoms with van der Waals surface area (Å²) in [5.41, 5.74) is 1.50. The van der Waals surface area contributed by atoms with Crippen LogP contribution in [0.4, 0.5) is 8.78 Å². The van der Waals surface area contributed by atoms with Gasteiger partial charge >= 0.3 is 0 Å². The van der Waals surface area contributed by atoms with E-state index < -0.39 is 17.5 Å². The summed E-state index contributed by atoms with van der Waals surface area (Å²) < 4.78 is 26.6. The molecule has 0 aliphatic carbocycles. The molecule has 0 radical (unpaired) electrons. The van der Waals surface area contributed by atoms with Crippen molar-refractivity contribution in [1.29, 1.82) is 5.26 Å². The van der Waals surface area contributed by atoms with Crippen LogP contribution in [0.15, 0.2) is 42.5 Å². The minimum Gasteiger partial charge on any atom is -0.351 e. The Morgan fingerprint density at radius 1 is 1.03 bits per heavy atom. The number of hydrogen-bond acceptors (Lipinski definition) is 4. The maximum absolute atomic E-state index is 13.7. The van der Waals surface area contributed by atoms with Gasteiger partial charge in [0, 0.05) is 51.8 Å². The second-order valence-corrected chi connectivity index (χ2v) is 7.45. The fourth-order valence-electron chi connectivity index (χ4n) is 3.53. The first-order valence-corrected chi connectivity index (χ1v) is 10.2. The van der Waals surface area contributed by atoms with Crippen LogP contribution in [0.3, 0.4) is 0 Å². The second kappa shape index (κ2) is 10.6. The average molecular weight is 426 g/mol. The topological polar surface area (TPSA) is 76.4 Å². The number of halogens is 2. The van der Waals surface area contributed by atoms with Gasteiger partial charge in [-0.15, -0.1) is 0 Å². The molecule has 1 heterocycles. The van der Waals surface area contributed by atoms with Crippen molar-refractivity contribution in [2.45, 2.75) is 19.4 Å². The van der Waals surface area contributed by atoms with Gasteiger partial charge in [0.25, 0.3) is 5.91 Å². The maximum Gasteiger partial charge on any atom is 0.254 e. The molecule has 31 heavy (non-hydrogen) atoms. The number of amides is 2. The van der Waals surface area contributed by atoms with Gasteiger partial charge in [-0.2, -0.15) is 5.26 Å². The predicted octanol–water partition coefficient (Wildman–Crippen LogP) is 2.69. The van der Waals surface area contributed by atoms with Gasteiger partial charge in [0.05, 0.1) is 17.2 Å². The van der Waals surface area contributed by atoms with Gasteiger partial charge in [0.2, 0.25) is 5.91 Å². The Labute approximate surface area is 180 Å². The van der Waals surface area contributed by atoms with Crippen LogP contribution in [0.1, 0.15) is 34.3 Å². The van der Waals surface area contributed by atoms with Crippen molar-refractivity contribution in [3.8, 4) is 6.07 Å². The zero-order chi connectivity index (χ0) is 22.2. The number of hydrogen-bond donors (Lipinski definition) is 1. The van der Waals surface area contributed by atoms with Crippen molar-refractivity contribution in [3.05, 3.63) is 70.8 Å². The van der Waals surface area contributed by atoms with E-state index in [1.165, 1.54) is 0 Å². The van der Waals surface area contributed by atoms with Crippen molar-refractivity contribution in [1.82, 2.24) is 15.1 Å². The molecular formula is C23H24F2N4O2. The predicted molar refractivity (Wildman–Crippen MR) is 111 cm³/mol. The van der Waals surface area contributed by atoms with Crippen LogP contribution in [0.25, 0.3) is 0 Å². The third-order valence-electron chi connectivity index (χ3n) is 5.23. The summed E-state index contributed by atoms with van der Waals surface area (Å²) in [7, 11) is 0. The SMILES string of the molecule is N#Cc1ccc(CN2CCCN(C(=O)CCNC(=O)c3ccc(F)cc3F)CC2)cc1. The Hall–Kier alpha value is -3.31. The van der Waals surface area contributed by atoms with E-state index in [1.807, 2.05) is 12.1 Å². The summed E-state index contributed by atoms with van der Waals surface area (Å²) in [4.78, 5) is 28.6. The van der Waals surface area contributed by atoms with Crippen LogP contribution >= 0.6 is 0 Å². The Morgan fingerprint density at radius 3 is 2.52 bits per heavy atom. The van der Waals surface area contributed by atoms with Crippen molar-refractivity contribution in [3.63, 3.8) is 0 Å². The average Bonchev–Trinajstić information content (AvgIpc) is 2.99. The molecule has 2 amide bonds. The quantitative estimate of drug-likeness (QED) is 0.771. The third kappa shape index (κ3) is 6.33. The number of rotatable bonds is 6. The minimum atomic E-state index is -0.932. The lowest BCUT2D eigenvalue weighted by atomic mass is 10.1. The highest BCUT2D eigenvalue weighted by Crippen LogP contribution is 2.12. The van der Waals surface area contributed by atoms with Crippen LogP contribution in [0.2, 0.25) is 0 Å². The molecule has 0 bridgehead atoms. The molecule has 6 nitrogen and oxygen atoms in total. The maximum atomic E-state index is 13.7. The summed E-state index contributed by atoms with van der Waals surface area (Å²) in [5.74, 6) is -2.42. The Kier molecular flexibility index (Phi) is 7.68. The highest BCUT2D eigenvalue weighted by molar-refractivity contribution is 5.94. The van der Waals surface area contributed by atoms with Crippen LogP contribution in [0.5, 0.6) is 0 Å². The second-order valence-electron chi connectivity index (χ2n) is 7.45. The number of carbonyl (C=O) groups excluding carboxylic acids is 2. The first-order valence-electron chi connectivity index (χ1n) is 10.2. The number of nitrogens with one attached hydrogen (secondary N) is 1. The van der Waals surface area contributed by atoms with E-state index in [0.717, 1.165) is 43.8 Å². The van der Waals surface area contributed by atoms with Crippen molar-refractivity contribution in [2.75, 3.05) is 32.7 Å². The summed E-state index contributed by atoms with van der Waals surface area (Å²) in [6.45, 7) is 3.68. The molecule has 1 aliphatic rings. The molecule has 8 heteroatoms. The van der Waals surface area contributed by atoms with E-state index >= 15 is 0 Å². The molecule has 162 valence electrons. The number of benzene rings is 2. The molecule has 3 rings (SSSR count). The Balaban J connectivity index is 1.43. The normalized spacial score (nSPS) is 14.5. The first kappa shape index (κ1) is 22.4. The molecule has 1 fully saturated rings. The van der Waals surface area contributed by atoms with Crippen molar-refractivity contribution < 1.29 is 18.4 Å². The van der Waals surface area contributed by atoms with Gasteiger partial charge in [-0.3, -0.25) is 14.5 Å². The summed E-state index contributed by atoms with van der Waals surface area (Å²) in [6.07, 6.45) is 0.958. The molecule has 1 N–H and O–H groups in total. The van der Waals surface area contributed by atoms with Gasteiger partial charge < -0.3 is 10.2 Å². The van der Waals surface area contributed by atoms with Crippen molar-refractivity contribution >= 4 is 11.8 Å². The molecule has 0 unspecified atom stereocenters. The standard InChI is InChI=1S/C23H24F2N4O2/c24-19-6-7-20(21(25)14-19)23(31)27-9-8-22(30)29-11-1-10-28(12-13-29)16-18-4-2-17(15-26)3-5-18/h2-7,14H,1,8-13,16H2,(H,27,31). The van der Waals surface area contributed by atoms with Crippen LogP contribution < -0.4 is 5.32 Å². The molecular weight excluding hydrogens is 402 g/mol. The highest BCUT2D eigenvalue weighted by Gasteiger charge is 2.19. The highest BCUT2D eigenvalue weighted by atomic mass is 19.1. The van der Waals surface area contributed by atoms with Gasteiger partial charge in [0.15, 0.2) is 0 Å². The lowest BCUT2D eigenvalue weighted by molar-refractivity contribution is -0.130. The van der Waals surface area contributed by atoms with E-state index in [0.29, 0.717) is 24.7 Å². The molecule has 0 spiro atoms. The smallest absolute Gasteiger partial charge is 0.254 e. The Bertz CT molecular complexity index is 973. The molecule has 0 aromatic heterocycles. The van der Waals surface area contributed by atoms with Gasteiger partial charge in [-0.25, -0.2) is 8.78 Å². The van der Waals surface area contributed by atoms with E-state index in [9.17, 15) is 18.4 Å². The van der Waals surface area contributed by atoms with Crippen molar-refractivity contribution in [2.24, 2.45) is 0 Å². The molecule has 2 aromatic rings. The van der Waals surface area contributed by atoms with E-state index in [4.69, 9.17) is 5.26 Å². The number of nitriles is 1. The molecule has 0 saturated carbocycles. The number of carbonyl (C=O) groups is 2. The summed E-state index contributed by atoms with van der Waals surface area (Å²) >= 11 is 0. The van der Waals surface area contributed by atoms with Crippen LogP contribution in [-0.2, 0) is 11.3 Å². The van der Waals surface area contributed by atoms with Gasteiger partial charge in [0.1, 0.15) is 11.6 Å². The minimum absolute atomic E-state index is 0.0694. The zero-order valence-electron chi connectivity index (χ0n) is 17.1. The first-order chi connectivity index (χ1) is 15.0. The number of nitrogens with zero attached hydrogens (tertiary/aromatic N) is 3. The lowest BCUT2D eigenvalue weighted by Gasteiger charge is -2.22. The summed E-state index contributed by atoms with van der Waals surface area (Å²) in [6, 6.07) is 12.3. The van der Waals surface area contributed by atoms with E-state index in [2.05, 4.69) is 16.3 Å². The van der Waals surface area contributed by atoms with Gasteiger partial charge in [-0.1, -0.05) is 12.1 Å².